The van der Waals surface area contributed by atoms with E-state index in [4.69, 9.17) is 50.6 Å². The van der Waals surface area contributed by atoms with Gasteiger partial charge in [-0.3, -0.25) is 18.1 Å². The molecule has 0 aliphatic carbocycles. The summed E-state index contributed by atoms with van der Waals surface area (Å²) in [7, 11) is -16.7. The first-order valence-electron chi connectivity index (χ1n) is 8.36. The standard InChI is InChI=1S/C2H8N2.4C2H7O4P/c3-1-2-4;4*1-2-6-7(3,4)5/h1-4H2;4*2H2,1H3,(H2,3,4,5). The molecule has 0 atom stereocenters. The van der Waals surface area contributed by atoms with E-state index in [-0.39, 0.29) is 26.4 Å². The van der Waals surface area contributed by atoms with Crippen molar-refractivity contribution >= 4 is 31.3 Å². The van der Waals surface area contributed by atoms with E-state index in [1.165, 1.54) is 27.7 Å². The van der Waals surface area contributed by atoms with Gasteiger partial charge in [-0.05, 0) is 27.7 Å². The second-order valence-corrected chi connectivity index (χ2v) is 9.17. The summed E-state index contributed by atoms with van der Waals surface area (Å²) in [5, 5.41) is 0. The number of phosphoric acid groups is 4. The van der Waals surface area contributed by atoms with Crippen molar-refractivity contribution in [3.05, 3.63) is 0 Å². The first-order chi connectivity index (χ1) is 14.2. The van der Waals surface area contributed by atoms with Gasteiger partial charge < -0.3 is 50.6 Å². The van der Waals surface area contributed by atoms with Gasteiger partial charge in [0.25, 0.3) is 0 Å². The molecule has 0 spiro atoms. The monoisotopic (exact) mass is 564 g/mol. The van der Waals surface area contributed by atoms with Gasteiger partial charge in [-0.2, -0.15) is 0 Å². The second kappa shape index (κ2) is 24.5. The van der Waals surface area contributed by atoms with E-state index in [1.54, 1.807) is 0 Å². The molecule has 0 amide bonds. The molecule has 0 saturated carbocycles. The predicted octanol–water partition coefficient (Wildman–Crippen LogP) is -0.634. The van der Waals surface area contributed by atoms with Gasteiger partial charge in [0.15, 0.2) is 0 Å². The summed E-state index contributed by atoms with van der Waals surface area (Å²) >= 11 is 0. The zero-order valence-electron chi connectivity index (χ0n) is 18.0. The molecule has 0 bridgehead atoms. The minimum absolute atomic E-state index is 0.0459. The van der Waals surface area contributed by atoms with Crippen LogP contribution in [-0.2, 0) is 36.4 Å². The average molecular weight is 564 g/mol. The van der Waals surface area contributed by atoms with Gasteiger partial charge in [-0.15, -0.1) is 0 Å². The molecule has 0 aliphatic rings. The minimum Gasteiger partial charge on any atom is -0.329 e. The molecular formula is C10H36N2O16P4. The van der Waals surface area contributed by atoms with Crippen LogP contribution in [0, 0.1) is 0 Å². The van der Waals surface area contributed by atoms with Crippen LogP contribution in [-0.4, -0.2) is 78.7 Å². The Labute approximate surface area is 186 Å². The molecule has 0 rings (SSSR count). The summed E-state index contributed by atoms with van der Waals surface area (Å²) in [6, 6.07) is 0. The Morgan fingerprint density at radius 1 is 0.469 bits per heavy atom. The summed E-state index contributed by atoms with van der Waals surface area (Å²) in [6.45, 7) is 7.43. The third-order valence-electron chi connectivity index (χ3n) is 1.36. The summed E-state index contributed by atoms with van der Waals surface area (Å²) in [5.41, 5.74) is 9.81. The maximum absolute atomic E-state index is 9.70. The lowest BCUT2D eigenvalue weighted by molar-refractivity contribution is 0.204. The third kappa shape index (κ3) is 86.8. The van der Waals surface area contributed by atoms with E-state index in [0.717, 1.165) is 0 Å². The molecular weight excluding hydrogens is 528 g/mol. The SMILES string of the molecule is CCOP(=O)(O)O.CCOP(=O)(O)O.CCOP(=O)(O)O.CCOP(=O)(O)O.NCCN. The number of nitrogens with two attached hydrogens (primary N) is 2. The van der Waals surface area contributed by atoms with E-state index < -0.39 is 31.3 Å². The molecule has 0 heterocycles. The van der Waals surface area contributed by atoms with Crippen LogP contribution in [0.3, 0.4) is 0 Å². The molecule has 0 saturated heterocycles. The van der Waals surface area contributed by atoms with Crippen LogP contribution in [0.15, 0.2) is 0 Å². The summed E-state index contributed by atoms with van der Waals surface area (Å²) < 4.78 is 54.4. The maximum atomic E-state index is 9.70. The maximum Gasteiger partial charge on any atom is 0.469 e. The van der Waals surface area contributed by atoms with Crippen molar-refractivity contribution in [2.75, 3.05) is 39.5 Å². The number of rotatable bonds is 9. The normalized spacial score (nSPS) is 11.3. The zero-order chi connectivity index (χ0) is 27.1. The zero-order valence-corrected chi connectivity index (χ0v) is 21.6. The van der Waals surface area contributed by atoms with Crippen LogP contribution in [0.2, 0.25) is 0 Å². The molecule has 0 aliphatic heterocycles. The molecule has 12 N–H and O–H groups in total. The highest BCUT2D eigenvalue weighted by molar-refractivity contribution is 7.47. The van der Waals surface area contributed by atoms with E-state index in [0.29, 0.717) is 13.1 Å². The highest BCUT2D eigenvalue weighted by atomic mass is 31.2. The lowest BCUT2D eigenvalue weighted by Crippen LogP contribution is -2.11. The Hall–Kier alpha value is 0.360. The molecule has 0 aromatic rings. The molecule has 202 valence electrons. The lowest BCUT2D eigenvalue weighted by Gasteiger charge is -1.98. The van der Waals surface area contributed by atoms with Crippen molar-refractivity contribution in [1.29, 1.82) is 0 Å². The number of hydrogen-bond acceptors (Lipinski definition) is 10. The molecule has 0 radical (unpaired) electrons. The highest BCUT2D eigenvalue weighted by Crippen LogP contribution is 2.36. The molecule has 0 fully saturated rings. The van der Waals surface area contributed by atoms with E-state index in [9.17, 15) is 18.3 Å². The third-order valence-corrected chi connectivity index (χ3v) is 3.73. The first-order valence-corrected chi connectivity index (χ1v) is 14.5. The van der Waals surface area contributed by atoms with Crippen molar-refractivity contribution < 1.29 is 75.5 Å². The van der Waals surface area contributed by atoms with Crippen LogP contribution in [0.1, 0.15) is 27.7 Å². The van der Waals surface area contributed by atoms with Crippen LogP contribution >= 0.6 is 31.3 Å². The Balaban J connectivity index is -0.0000000960. The van der Waals surface area contributed by atoms with E-state index in [1.807, 2.05) is 0 Å². The van der Waals surface area contributed by atoms with Gasteiger partial charge in [-0.25, -0.2) is 18.3 Å². The second-order valence-electron chi connectivity index (χ2n) is 4.21. The fourth-order valence-corrected chi connectivity index (χ4v) is 2.02. The first kappa shape index (κ1) is 42.5. The van der Waals surface area contributed by atoms with Gasteiger partial charge >= 0.3 is 31.3 Å². The Bertz CT molecular complexity index is 471. The Kier molecular flexibility index (Phi) is 32.5. The van der Waals surface area contributed by atoms with Gasteiger partial charge in [0.2, 0.25) is 0 Å². The molecule has 0 aromatic heterocycles. The fraction of sp³-hybridized carbons (Fsp3) is 1.00. The van der Waals surface area contributed by atoms with Crippen molar-refractivity contribution in [3.63, 3.8) is 0 Å². The molecule has 22 heteroatoms. The van der Waals surface area contributed by atoms with Gasteiger partial charge in [0.05, 0.1) is 26.4 Å². The smallest absolute Gasteiger partial charge is 0.329 e. The number of phosphoric ester groups is 4. The average Bonchev–Trinajstić information content (AvgIpc) is 2.52. The topological polar surface area (TPSA) is 319 Å². The molecule has 32 heavy (non-hydrogen) atoms. The van der Waals surface area contributed by atoms with Crippen LogP contribution in [0.25, 0.3) is 0 Å². The van der Waals surface area contributed by atoms with Gasteiger partial charge in [-0.1, -0.05) is 0 Å². The highest BCUT2D eigenvalue weighted by Gasteiger charge is 2.11. The summed E-state index contributed by atoms with van der Waals surface area (Å²) in [6.07, 6.45) is 0. The molecule has 0 unspecified atom stereocenters. The Morgan fingerprint density at radius 3 is 0.594 bits per heavy atom. The Morgan fingerprint density at radius 2 is 0.594 bits per heavy atom. The van der Waals surface area contributed by atoms with Gasteiger partial charge in [0, 0.05) is 13.1 Å². The molecule has 18 nitrogen and oxygen atoms in total. The van der Waals surface area contributed by atoms with Crippen LogP contribution in [0.5, 0.6) is 0 Å². The van der Waals surface area contributed by atoms with Crippen LogP contribution in [0.4, 0.5) is 0 Å². The largest absolute Gasteiger partial charge is 0.469 e. The fourth-order valence-electron chi connectivity index (χ4n) is 0.673. The van der Waals surface area contributed by atoms with Gasteiger partial charge in [0.1, 0.15) is 0 Å². The summed E-state index contributed by atoms with van der Waals surface area (Å²) in [5.74, 6) is 0. The lowest BCUT2D eigenvalue weighted by atomic mass is 10.7. The van der Waals surface area contributed by atoms with Crippen molar-refractivity contribution in [3.8, 4) is 0 Å². The van der Waals surface area contributed by atoms with E-state index >= 15 is 0 Å². The number of hydrogen-bond donors (Lipinski definition) is 10. The molecule has 0 aromatic carbocycles. The minimum atomic E-state index is -4.17. The quantitative estimate of drug-likeness (QED) is 0.156. The summed E-state index contributed by atoms with van der Waals surface area (Å²) in [4.78, 5) is 63.3. The van der Waals surface area contributed by atoms with Crippen molar-refractivity contribution in [1.82, 2.24) is 0 Å². The van der Waals surface area contributed by atoms with Crippen molar-refractivity contribution in [2.45, 2.75) is 27.7 Å². The van der Waals surface area contributed by atoms with Crippen LogP contribution < -0.4 is 11.5 Å². The van der Waals surface area contributed by atoms with Crippen molar-refractivity contribution in [2.24, 2.45) is 11.5 Å². The predicted molar refractivity (Wildman–Crippen MR) is 113 cm³/mol. The van der Waals surface area contributed by atoms with E-state index in [2.05, 4.69) is 18.1 Å².